The lowest BCUT2D eigenvalue weighted by Gasteiger charge is -2.22. The quantitative estimate of drug-likeness (QED) is 0.650. The molecule has 0 amide bonds. The minimum absolute atomic E-state index is 0.0178. The smallest absolute Gasteiger partial charge is 0.0720 e. The van der Waals surface area contributed by atoms with Gasteiger partial charge in [-0.1, -0.05) is 13.8 Å². The van der Waals surface area contributed by atoms with Crippen molar-refractivity contribution < 1.29 is 4.74 Å². The van der Waals surface area contributed by atoms with E-state index in [1.807, 2.05) is 34.6 Å². The van der Waals surface area contributed by atoms with Crippen molar-refractivity contribution >= 4 is 0 Å². The van der Waals surface area contributed by atoms with Gasteiger partial charge in [-0.2, -0.15) is 5.26 Å². The Balaban J connectivity index is 3.84. The molecule has 0 spiro atoms. The molecule has 1 atom stereocenters. The summed E-state index contributed by atoms with van der Waals surface area (Å²) in [6.45, 7) is 10.6. The van der Waals surface area contributed by atoms with Crippen molar-refractivity contribution in [2.75, 3.05) is 6.61 Å². The molecule has 0 saturated carbocycles. The lowest BCUT2D eigenvalue weighted by atomic mass is 9.98. The van der Waals surface area contributed by atoms with E-state index in [9.17, 15) is 0 Å². The third-order valence-corrected chi connectivity index (χ3v) is 1.67. The molecule has 12 heavy (non-hydrogen) atoms. The van der Waals surface area contributed by atoms with E-state index in [0.29, 0.717) is 12.5 Å². The van der Waals surface area contributed by atoms with Crippen molar-refractivity contribution in [1.82, 2.24) is 0 Å². The van der Waals surface area contributed by atoms with Gasteiger partial charge in [0.15, 0.2) is 0 Å². The molecule has 0 heterocycles. The summed E-state index contributed by atoms with van der Waals surface area (Å²) in [5.74, 6) is 0.390. The lowest BCUT2D eigenvalue weighted by molar-refractivity contribution is -0.0200. The van der Waals surface area contributed by atoms with Crippen LogP contribution < -0.4 is 0 Å². The molecule has 0 N–H and O–H groups in total. The van der Waals surface area contributed by atoms with Crippen molar-refractivity contribution in [2.24, 2.45) is 11.8 Å². The highest BCUT2D eigenvalue weighted by atomic mass is 16.5. The Labute approximate surface area is 75.5 Å². The molecule has 0 radical (unpaired) electrons. The molecule has 0 unspecified atom stereocenters. The summed E-state index contributed by atoms with van der Waals surface area (Å²) < 4.78 is 5.52. The molecular formula is C10H19NO. The molecule has 2 heteroatoms. The minimum Gasteiger partial charge on any atom is -0.374 e. The first-order valence-corrected chi connectivity index (χ1v) is 4.40. The van der Waals surface area contributed by atoms with Crippen LogP contribution in [-0.4, -0.2) is 12.2 Å². The van der Waals surface area contributed by atoms with Crippen molar-refractivity contribution in [2.45, 2.75) is 40.2 Å². The predicted octanol–water partition coefficient (Wildman–Crippen LogP) is 2.60. The molecule has 0 aliphatic carbocycles. The molecule has 0 aromatic heterocycles. The van der Waals surface area contributed by atoms with Crippen molar-refractivity contribution in [1.29, 1.82) is 5.26 Å². The molecule has 0 aliphatic rings. The van der Waals surface area contributed by atoms with Crippen LogP contribution in [-0.2, 0) is 4.74 Å². The highest BCUT2D eigenvalue weighted by Gasteiger charge is 2.17. The summed E-state index contributed by atoms with van der Waals surface area (Å²) >= 11 is 0. The molecule has 2 nitrogen and oxygen atoms in total. The second kappa shape index (κ2) is 4.47. The van der Waals surface area contributed by atoms with Gasteiger partial charge in [0, 0.05) is 0 Å². The van der Waals surface area contributed by atoms with Crippen molar-refractivity contribution in [3.05, 3.63) is 0 Å². The van der Waals surface area contributed by atoms with E-state index in [0.717, 1.165) is 0 Å². The minimum atomic E-state index is -0.135. The van der Waals surface area contributed by atoms with Gasteiger partial charge in [-0.25, -0.2) is 0 Å². The maximum absolute atomic E-state index is 8.76. The van der Waals surface area contributed by atoms with Gasteiger partial charge in [-0.05, 0) is 26.7 Å². The molecule has 0 fully saturated rings. The SMILES string of the molecule is CC(C)[C@H](C#N)COC(C)(C)C. The first-order chi connectivity index (χ1) is 5.37. The molecule has 70 valence electrons. The van der Waals surface area contributed by atoms with Gasteiger partial charge in [0.05, 0.1) is 24.2 Å². The Kier molecular flexibility index (Phi) is 4.26. The standard InChI is InChI=1S/C10H19NO/c1-8(2)9(6-11)7-12-10(3,4)5/h8-9H,7H2,1-5H3/t9-/m1/s1. The number of rotatable bonds is 3. The Morgan fingerprint density at radius 2 is 1.83 bits per heavy atom. The normalized spacial score (nSPS) is 14.4. The third-order valence-electron chi connectivity index (χ3n) is 1.67. The van der Waals surface area contributed by atoms with Gasteiger partial charge in [-0.15, -0.1) is 0 Å². The molecule has 0 aliphatic heterocycles. The molecule has 0 bridgehead atoms. The lowest BCUT2D eigenvalue weighted by Crippen LogP contribution is -2.25. The van der Waals surface area contributed by atoms with Crippen LogP contribution in [0.2, 0.25) is 0 Å². The highest BCUT2D eigenvalue weighted by molar-refractivity contribution is 4.85. The summed E-state index contributed by atoms with van der Waals surface area (Å²) in [5, 5.41) is 8.76. The molecule has 0 rings (SSSR count). The van der Waals surface area contributed by atoms with Gasteiger partial charge in [0.25, 0.3) is 0 Å². The van der Waals surface area contributed by atoms with Crippen LogP contribution in [0.4, 0.5) is 0 Å². The fourth-order valence-electron chi connectivity index (χ4n) is 0.719. The maximum Gasteiger partial charge on any atom is 0.0720 e. The maximum atomic E-state index is 8.76. The average molecular weight is 169 g/mol. The first kappa shape index (κ1) is 11.4. The van der Waals surface area contributed by atoms with E-state index >= 15 is 0 Å². The van der Waals surface area contributed by atoms with Crippen LogP contribution in [0.25, 0.3) is 0 Å². The van der Waals surface area contributed by atoms with Crippen LogP contribution in [0.3, 0.4) is 0 Å². The summed E-state index contributed by atoms with van der Waals surface area (Å²) in [7, 11) is 0. The second-order valence-electron chi connectivity index (χ2n) is 4.40. The van der Waals surface area contributed by atoms with Gasteiger partial charge in [0.1, 0.15) is 0 Å². The van der Waals surface area contributed by atoms with E-state index in [4.69, 9.17) is 10.00 Å². The zero-order valence-corrected chi connectivity index (χ0v) is 8.72. The van der Waals surface area contributed by atoms with E-state index in [-0.39, 0.29) is 11.5 Å². The first-order valence-electron chi connectivity index (χ1n) is 4.40. The highest BCUT2D eigenvalue weighted by Crippen LogP contribution is 2.14. The van der Waals surface area contributed by atoms with Crippen molar-refractivity contribution in [3.63, 3.8) is 0 Å². The van der Waals surface area contributed by atoms with Crippen LogP contribution in [0, 0.1) is 23.2 Å². The van der Waals surface area contributed by atoms with Crippen LogP contribution in [0.1, 0.15) is 34.6 Å². The van der Waals surface area contributed by atoms with Gasteiger partial charge in [0.2, 0.25) is 0 Å². The average Bonchev–Trinajstić information content (AvgIpc) is 1.85. The van der Waals surface area contributed by atoms with Gasteiger partial charge < -0.3 is 4.74 Å². The van der Waals surface area contributed by atoms with Gasteiger partial charge >= 0.3 is 0 Å². The molecule has 0 aromatic rings. The molecular weight excluding hydrogens is 150 g/mol. The number of ether oxygens (including phenoxy) is 1. The fraction of sp³-hybridized carbons (Fsp3) is 0.900. The number of hydrogen-bond donors (Lipinski definition) is 0. The predicted molar refractivity (Wildman–Crippen MR) is 49.6 cm³/mol. The second-order valence-corrected chi connectivity index (χ2v) is 4.40. The molecule has 0 saturated heterocycles. The van der Waals surface area contributed by atoms with Crippen LogP contribution >= 0.6 is 0 Å². The Morgan fingerprint density at radius 3 is 2.08 bits per heavy atom. The Morgan fingerprint density at radius 1 is 1.33 bits per heavy atom. The zero-order valence-electron chi connectivity index (χ0n) is 8.72. The molecule has 0 aromatic carbocycles. The number of nitriles is 1. The summed E-state index contributed by atoms with van der Waals surface area (Å²) in [5.41, 5.74) is -0.135. The van der Waals surface area contributed by atoms with E-state index in [1.165, 1.54) is 0 Å². The third kappa shape index (κ3) is 5.15. The van der Waals surface area contributed by atoms with Crippen LogP contribution in [0.15, 0.2) is 0 Å². The zero-order chi connectivity index (χ0) is 9.78. The summed E-state index contributed by atoms with van der Waals surface area (Å²) in [4.78, 5) is 0. The fourth-order valence-corrected chi connectivity index (χ4v) is 0.719. The van der Waals surface area contributed by atoms with E-state index < -0.39 is 0 Å². The number of nitrogens with zero attached hydrogens (tertiary/aromatic N) is 1. The van der Waals surface area contributed by atoms with Crippen molar-refractivity contribution in [3.8, 4) is 6.07 Å². The van der Waals surface area contributed by atoms with E-state index in [2.05, 4.69) is 6.07 Å². The Bertz CT molecular complexity index is 162. The summed E-state index contributed by atoms with van der Waals surface area (Å²) in [6.07, 6.45) is 0. The number of hydrogen-bond acceptors (Lipinski definition) is 2. The van der Waals surface area contributed by atoms with E-state index in [1.54, 1.807) is 0 Å². The van der Waals surface area contributed by atoms with Crippen LogP contribution in [0.5, 0.6) is 0 Å². The topological polar surface area (TPSA) is 33.0 Å². The monoisotopic (exact) mass is 169 g/mol. The van der Waals surface area contributed by atoms with Gasteiger partial charge in [-0.3, -0.25) is 0 Å². The Hall–Kier alpha value is -0.550. The largest absolute Gasteiger partial charge is 0.374 e. The summed E-state index contributed by atoms with van der Waals surface area (Å²) in [6, 6.07) is 2.25.